The van der Waals surface area contributed by atoms with Crippen LogP contribution in [0, 0.1) is 5.82 Å². The van der Waals surface area contributed by atoms with Crippen molar-refractivity contribution >= 4 is 34.1 Å². The molecule has 0 unspecified atom stereocenters. The third-order valence-electron chi connectivity index (χ3n) is 4.08. The second-order valence-electron chi connectivity index (χ2n) is 6.09. The summed E-state index contributed by atoms with van der Waals surface area (Å²) in [5.41, 5.74) is 2.13. The largest absolute Gasteiger partial charge is 0.301 e. The Morgan fingerprint density at radius 3 is 2.72 bits per heavy atom. The minimum atomic E-state index is -0.478. The number of rotatable bonds is 6. The molecule has 9 heteroatoms. The Balaban J connectivity index is 1.44. The highest BCUT2D eigenvalue weighted by molar-refractivity contribution is 8.00. The first-order chi connectivity index (χ1) is 14.1. The summed E-state index contributed by atoms with van der Waals surface area (Å²) in [6, 6.07) is 16.1. The van der Waals surface area contributed by atoms with E-state index < -0.39 is 5.25 Å². The number of nitrogens with one attached hydrogen (secondary N) is 1. The minimum Gasteiger partial charge on any atom is -0.301 e. The van der Waals surface area contributed by atoms with Gasteiger partial charge in [-0.05, 0) is 19.1 Å². The summed E-state index contributed by atoms with van der Waals surface area (Å²) >= 11 is 2.56. The van der Waals surface area contributed by atoms with Gasteiger partial charge in [0.2, 0.25) is 5.91 Å². The summed E-state index contributed by atoms with van der Waals surface area (Å²) in [6.45, 7) is 1.76. The molecule has 2 aromatic carbocycles. The summed E-state index contributed by atoms with van der Waals surface area (Å²) in [6.07, 6.45) is 1.43. The molecule has 0 spiro atoms. The van der Waals surface area contributed by atoms with Gasteiger partial charge in [0.25, 0.3) is 0 Å². The monoisotopic (exact) mass is 425 g/mol. The standard InChI is InChI=1S/C20H16FN5OS2/c1-13(29-20-25-22-12-26(20)17-10-6-5-9-15(17)21)18(27)24-19-23-16(11-28-19)14-7-3-2-4-8-14/h2-13H,1H3,(H,23,24,27)/t13-/m0/s1. The van der Waals surface area contributed by atoms with Crippen LogP contribution in [0.15, 0.2) is 71.5 Å². The molecule has 4 aromatic rings. The topological polar surface area (TPSA) is 72.7 Å². The Morgan fingerprint density at radius 1 is 1.17 bits per heavy atom. The van der Waals surface area contributed by atoms with Gasteiger partial charge in [0.1, 0.15) is 12.1 Å². The molecule has 146 valence electrons. The molecule has 0 bridgehead atoms. The number of halogens is 1. The fraction of sp³-hybridized carbons (Fsp3) is 0.100. The van der Waals surface area contributed by atoms with E-state index in [0.29, 0.717) is 16.0 Å². The van der Waals surface area contributed by atoms with Crippen molar-refractivity contribution in [2.45, 2.75) is 17.3 Å². The molecular weight excluding hydrogens is 409 g/mol. The van der Waals surface area contributed by atoms with Gasteiger partial charge in [-0.3, -0.25) is 9.36 Å². The molecule has 1 atom stereocenters. The number of hydrogen-bond donors (Lipinski definition) is 1. The lowest BCUT2D eigenvalue weighted by molar-refractivity contribution is -0.115. The van der Waals surface area contributed by atoms with Gasteiger partial charge in [0, 0.05) is 10.9 Å². The molecule has 6 nitrogen and oxygen atoms in total. The van der Waals surface area contributed by atoms with Gasteiger partial charge >= 0.3 is 0 Å². The fourth-order valence-electron chi connectivity index (χ4n) is 2.61. The van der Waals surface area contributed by atoms with Crippen LogP contribution in [0.25, 0.3) is 16.9 Å². The molecule has 0 saturated carbocycles. The van der Waals surface area contributed by atoms with E-state index in [0.717, 1.165) is 11.3 Å². The van der Waals surface area contributed by atoms with E-state index >= 15 is 0 Å². The number of amides is 1. The van der Waals surface area contributed by atoms with Gasteiger partial charge in [-0.25, -0.2) is 9.37 Å². The average molecular weight is 426 g/mol. The Labute approximate surface area is 174 Å². The smallest absolute Gasteiger partial charge is 0.239 e. The van der Waals surface area contributed by atoms with Gasteiger partial charge in [-0.15, -0.1) is 21.5 Å². The number of hydrogen-bond acceptors (Lipinski definition) is 6. The number of anilines is 1. The Bertz CT molecular complexity index is 1130. The number of carbonyl (C=O) groups is 1. The highest BCUT2D eigenvalue weighted by Gasteiger charge is 2.20. The fourth-order valence-corrected chi connectivity index (χ4v) is 4.17. The highest BCUT2D eigenvalue weighted by atomic mass is 32.2. The van der Waals surface area contributed by atoms with Crippen molar-refractivity contribution in [3.05, 3.63) is 72.1 Å². The molecule has 0 aliphatic rings. The summed E-state index contributed by atoms with van der Waals surface area (Å²) in [7, 11) is 0. The van der Waals surface area contributed by atoms with Crippen molar-refractivity contribution in [3.8, 4) is 16.9 Å². The molecule has 0 saturated heterocycles. The van der Waals surface area contributed by atoms with E-state index in [4.69, 9.17) is 0 Å². The van der Waals surface area contributed by atoms with Gasteiger partial charge in [0.15, 0.2) is 10.3 Å². The van der Waals surface area contributed by atoms with Crippen molar-refractivity contribution in [3.63, 3.8) is 0 Å². The van der Waals surface area contributed by atoms with E-state index in [-0.39, 0.29) is 11.7 Å². The number of para-hydroxylation sites is 1. The van der Waals surface area contributed by atoms with E-state index in [9.17, 15) is 9.18 Å². The zero-order chi connectivity index (χ0) is 20.2. The molecule has 1 amide bonds. The predicted molar refractivity (Wildman–Crippen MR) is 113 cm³/mol. The number of benzene rings is 2. The SMILES string of the molecule is C[C@H](Sc1nncn1-c1ccccc1F)C(=O)Nc1nc(-c2ccccc2)cs1. The van der Waals surface area contributed by atoms with Gasteiger partial charge in [0.05, 0.1) is 16.6 Å². The summed E-state index contributed by atoms with van der Waals surface area (Å²) < 4.78 is 15.6. The van der Waals surface area contributed by atoms with Crippen LogP contribution >= 0.6 is 23.1 Å². The molecule has 1 N–H and O–H groups in total. The minimum absolute atomic E-state index is 0.216. The van der Waals surface area contributed by atoms with E-state index in [2.05, 4.69) is 20.5 Å². The lowest BCUT2D eigenvalue weighted by Crippen LogP contribution is -2.22. The zero-order valence-corrected chi connectivity index (χ0v) is 17.0. The second kappa shape index (κ2) is 8.54. The number of thiazole rings is 1. The highest BCUT2D eigenvalue weighted by Crippen LogP contribution is 2.28. The first-order valence-corrected chi connectivity index (χ1v) is 10.5. The molecule has 2 heterocycles. The van der Waals surface area contributed by atoms with Crippen LogP contribution < -0.4 is 5.32 Å². The quantitative estimate of drug-likeness (QED) is 0.455. The van der Waals surface area contributed by atoms with Crippen LogP contribution in [0.3, 0.4) is 0 Å². The molecule has 0 aliphatic heterocycles. The first kappa shape index (κ1) is 19.3. The van der Waals surface area contributed by atoms with E-state index in [1.165, 1.54) is 40.1 Å². The van der Waals surface area contributed by atoms with Crippen molar-refractivity contribution in [1.82, 2.24) is 19.7 Å². The lowest BCUT2D eigenvalue weighted by Gasteiger charge is -2.11. The number of nitrogens with zero attached hydrogens (tertiary/aromatic N) is 4. The van der Waals surface area contributed by atoms with Gasteiger partial charge in [-0.2, -0.15) is 0 Å². The molecular formula is C20H16FN5OS2. The number of carbonyl (C=O) groups excluding carboxylic acids is 1. The Morgan fingerprint density at radius 2 is 1.93 bits per heavy atom. The van der Waals surface area contributed by atoms with Crippen LogP contribution in [0.5, 0.6) is 0 Å². The summed E-state index contributed by atoms with van der Waals surface area (Å²) in [5.74, 6) is -0.602. The van der Waals surface area contributed by atoms with Crippen LogP contribution in [-0.2, 0) is 4.79 Å². The van der Waals surface area contributed by atoms with Crippen molar-refractivity contribution < 1.29 is 9.18 Å². The number of aromatic nitrogens is 4. The molecule has 29 heavy (non-hydrogen) atoms. The van der Waals surface area contributed by atoms with Crippen molar-refractivity contribution in [2.24, 2.45) is 0 Å². The van der Waals surface area contributed by atoms with Crippen LogP contribution in [0.1, 0.15) is 6.92 Å². The van der Waals surface area contributed by atoms with Crippen molar-refractivity contribution in [1.29, 1.82) is 0 Å². The summed E-state index contributed by atoms with van der Waals surface area (Å²) in [4.78, 5) is 17.1. The Hall–Kier alpha value is -3.04. The second-order valence-corrected chi connectivity index (χ2v) is 8.25. The van der Waals surface area contributed by atoms with Crippen molar-refractivity contribution in [2.75, 3.05) is 5.32 Å². The molecule has 2 aromatic heterocycles. The third-order valence-corrected chi connectivity index (χ3v) is 5.90. The Kier molecular flexibility index (Phi) is 5.68. The first-order valence-electron chi connectivity index (χ1n) is 8.75. The normalized spacial score (nSPS) is 11.9. The maximum absolute atomic E-state index is 14.1. The molecule has 0 aliphatic carbocycles. The van der Waals surface area contributed by atoms with E-state index in [1.807, 2.05) is 35.7 Å². The summed E-state index contributed by atoms with van der Waals surface area (Å²) in [5, 5.41) is 13.1. The molecule has 4 rings (SSSR count). The molecule has 0 radical (unpaired) electrons. The predicted octanol–water partition coefficient (Wildman–Crippen LogP) is 4.65. The number of thioether (sulfide) groups is 1. The maximum Gasteiger partial charge on any atom is 0.239 e. The van der Waals surface area contributed by atoms with Crippen LogP contribution in [-0.4, -0.2) is 30.9 Å². The van der Waals surface area contributed by atoms with Crippen LogP contribution in [0.2, 0.25) is 0 Å². The lowest BCUT2D eigenvalue weighted by atomic mass is 10.2. The third kappa shape index (κ3) is 4.36. The molecule has 0 fully saturated rings. The van der Waals surface area contributed by atoms with Gasteiger partial charge < -0.3 is 5.32 Å². The maximum atomic E-state index is 14.1. The van der Waals surface area contributed by atoms with Gasteiger partial charge in [-0.1, -0.05) is 54.2 Å². The zero-order valence-electron chi connectivity index (χ0n) is 15.3. The van der Waals surface area contributed by atoms with E-state index in [1.54, 1.807) is 25.1 Å². The average Bonchev–Trinajstić information content (AvgIpc) is 3.39. The van der Waals surface area contributed by atoms with Crippen LogP contribution in [0.4, 0.5) is 9.52 Å².